The number of urea groups is 1. The van der Waals surface area contributed by atoms with Crippen molar-refractivity contribution in [3.05, 3.63) is 35.9 Å². The number of amides is 3. The first-order chi connectivity index (χ1) is 10.2. The number of unbranched alkanes of at least 4 members (excludes halogenated alkanes) is 1. The molecule has 0 aromatic heterocycles. The van der Waals surface area contributed by atoms with E-state index in [1.807, 2.05) is 23.1 Å². The van der Waals surface area contributed by atoms with Crippen molar-refractivity contribution >= 4 is 11.9 Å². The van der Waals surface area contributed by atoms with Gasteiger partial charge in [0.1, 0.15) is 0 Å². The van der Waals surface area contributed by atoms with Crippen LogP contribution in [0.25, 0.3) is 0 Å². The average Bonchev–Trinajstić information content (AvgIpc) is 3.29. The number of hydrogen-bond acceptors (Lipinski definition) is 2. The fourth-order valence-corrected chi connectivity index (χ4v) is 2.34. The molecule has 0 radical (unpaired) electrons. The molecule has 0 heterocycles. The van der Waals surface area contributed by atoms with E-state index in [1.54, 1.807) is 0 Å². The standard InChI is InChI=1S/C16H23N3O2/c17-16(21)18-11-5-4-8-15(20)19(14-9-10-14)12-13-6-2-1-3-7-13/h1-3,6-7,14H,4-5,8-12H2,(H3,17,18,21). The summed E-state index contributed by atoms with van der Waals surface area (Å²) < 4.78 is 0. The van der Waals surface area contributed by atoms with Crippen LogP contribution in [0, 0.1) is 0 Å². The summed E-state index contributed by atoms with van der Waals surface area (Å²) in [5.41, 5.74) is 6.17. The molecule has 0 unspecified atom stereocenters. The monoisotopic (exact) mass is 289 g/mol. The fraction of sp³-hybridized carbons (Fsp3) is 0.500. The molecule has 0 aliphatic heterocycles. The maximum atomic E-state index is 12.3. The molecule has 1 fully saturated rings. The van der Waals surface area contributed by atoms with Crippen LogP contribution in [0.2, 0.25) is 0 Å². The number of carbonyl (C=O) groups excluding carboxylic acids is 2. The molecule has 0 spiro atoms. The maximum absolute atomic E-state index is 12.3. The second-order valence-corrected chi connectivity index (χ2v) is 5.49. The van der Waals surface area contributed by atoms with Crippen LogP contribution >= 0.6 is 0 Å². The zero-order chi connectivity index (χ0) is 15.1. The molecule has 5 heteroatoms. The van der Waals surface area contributed by atoms with Crippen molar-refractivity contribution < 1.29 is 9.59 Å². The molecule has 3 N–H and O–H groups in total. The van der Waals surface area contributed by atoms with Gasteiger partial charge < -0.3 is 16.0 Å². The van der Waals surface area contributed by atoms with Gasteiger partial charge in [0.2, 0.25) is 5.91 Å². The van der Waals surface area contributed by atoms with Crippen LogP contribution < -0.4 is 11.1 Å². The highest BCUT2D eigenvalue weighted by Gasteiger charge is 2.31. The first-order valence-electron chi connectivity index (χ1n) is 7.53. The van der Waals surface area contributed by atoms with Gasteiger partial charge in [0.25, 0.3) is 0 Å². The van der Waals surface area contributed by atoms with Gasteiger partial charge in [0.05, 0.1) is 0 Å². The predicted octanol–water partition coefficient (Wildman–Crippen LogP) is 2.02. The molecule has 1 aromatic rings. The molecular weight excluding hydrogens is 266 g/mol. The van der Waals surface area contributed by atoms with Crippen molar-refractivity contribution in [1.82, 2.24) is 10.2 Å². The van der Waals surface area contributed by atoms with E-state index >= 15 is 0 Å². The third kappa shape index (κ3) is 5.45. The molecule has 0 bridgehead atoms. The third-order valence-electron chi connectivity index (χ3n) is 3.62. The van der Waals surface area contributed by atoms with Gasteiger partial charge in [0, 0.05) is 25.6 Å². The molecule has 3 amide bonds. The summed E-state index contributed by atoms with van der Waals surface area (Å²) in [6.45, 7) is 1.23. The SMILES string of the molecule is NC(=O)NCCCCC(=O)N(Cc1ccccc1)C1CC1. The van der Waals surface area contributed by atoms with Gasteiger partial charge in [-0.3, -0.25) is 4.79 Å². The third-order valence-corrected chi connectivity index (χ3v) is 3.62. The normalized spacial score (nSPS) is 13.7. The van der Waals surface area contributed by atoms with Crippen molar-refractivity contribution in [2.24, 2.45) is 5.73 Å². The Morgan fingerprint density at radius 2 is 1.90 bits per heavy atom. The number of nitrogens with one attached hydrogen (secondary N) is 1. The summed E-state index contributed by atoms with van der Waals surface area (Å²) in [6.07, 6.45) is 4.31. The number of nitrogens with zero attached hydrogens (tertiary/aromatic N) is 1. The number of nitrogens with two attached hydrogens (primary N) is 1. The minimum Gasteiger partial charge on any atom is -0.352 e. The molecule has 5 nitrogen and oxygen atoms in total. The Balaban J connectivity index is 1.76. The second kappa shape index (κ2) is 7.67. The summed E-state index contributed by atoms with van der Waals surface area (Å²) in [7, 11) is 0. The molecule has 2 rings (SSSR count). The van der Waals surface area contributed by atoms with Gasteiger partial charge in [0.15, 0.2) is 0 Å². The lowest BCUT2D eigenvalue weighted by Gasteiger charge is -2.22. The number of benzene rings is 1. The first-order valence-corrected chi connectivity index (χ1v) is 7.53. The number of rotatable bonds is 8. The topological polar surface area (TPSA) is 75.4 Å². The molecular formula is C16H23N3O2. The number of hydrogen-bond donors (Lipinski definition) is 2. The maximum Gasteiger partial charge on any atom is 0.312 e. The van der Waals surface area contributed by atoms with Crippen molar-refractivity contribution in [3.63, 3.8) is 0 Å². The van der Waals surface area contributed by atoms with E-state index in [4.69, 9.17) is 5.73 Å². The van der Waals surface area contributed by atoms with Crippen molar-refractivity contribution in [2.45, 2.75) is 44.7 Å². The number of primary amides is 1. The van der Waals surface area contributed by atoms with E-state index in [0.29, 0.717) is 25.6 Å². The summed E-state index contributed by atoms with van der Waals surface area (Å²) in [5.74, 6) is 0.209. The minimum atomic E-state index is -0.509. The lowest BCUT2D eigenvalue weighted by atomic mass is 10.1. The lowest BCUT2D eigenvalue weighted by Crippen LogP contribution is -2.33. The van der Waals surface area contributed by atoms with Crippen molar-refractivity contribution in [1.29, 1.82) is 0 Å². The Kier molecular flexibility index (Phi) is 5.60. The van der Waals surface area contributed by atoms with E-state index in [2.05, 4.69) is 17.4 Å². The molecule has 0 atom stereocenters. The zero-order valence-electron chi connectivity index (χ0n) is 12.3. The van der Waals surface area contributed by atoms with Crippen molar-refractivity contribution in [2.75, 3.05) is 6.54 Å². The van der Waals surface area contributed by atoms with Gasteiger partial charge >= 0.3 is 6.03 Å². The Morgan fingerprint density at radius 3 is 2.52 bits per heavy atom. The highest BCUT2D eigenvalue weighted by Crippen LogP contribution is 2.29. The van der Waals surface area contributed by atoms with Crippen LogP contribution in [-0.4, -0.2) is 29.4 Å². The highest BCUT2D eigenvalue weighted by molar-refractivity contribution is 5.77. The summed E-state index contributed by atoms with van der Waals surface area (Å²) >= 11 is 0. The summed E-state index contributed by atoms with van der Waals surface area (Å²) in [5, 5.41) is 2.54. The van der Waals surface area contributed by atoms with Crippen LogP contribution in [0.4, 0.5) is 4.79 Å². The fourth-order valence-electron chi connectivity index (χ4n) is 2.34. The molecule has 1 saturated carbocycles. The smallest absolute Gasteiger partial charge is 0.312 e. The van der Waals surface area contributed by atoms with Gasteiger partial charge in [-0.05, 0) is 31.2 Å². The van der Waals surface area contributed by atoms with Crippen molar-refractivity contribution in [3.8, 4) is 0 Å². The highest BCUT2D eigenvalue weighted by atomic mass is 16.2. The van der Waals surface area contributed by atoms with Crippen LogP contribution in [0.1, 0.15) is 37.7 Å². The molecule has 1 aromatic carbocycles. The summed E-state index contributed by atoms with van der Waals surface area (Å²) in [4.78, 5) is 24.9. The minimum absolute atomic E-state index is 0.209. The zero-order valence-corrected chi connectivity index (χ0v) is 12.3. The predicted molar refractivity (Wildman–Crippen MR) is 81.5 cm³/mol. The second-order valence-electron chi connectivity index (χ2n) is 5.49. The van der Waals surface area contributed by atoms with E-state index in [0.717, 1.165) is 25.7 Å². The Labute approximate surface area is 125 Å². The van der Waals surface area contributed by atoms with Crippen LogP contribution in [-0.2, 0) is 11.3 Å². The number of carbonyl (C=O) groups is 2. The molecule has 114 valence electrons. The van der Waals surface area contributed by atoms with Crippen LogP contribution in [0.15, 0.2) is 30.3 Å². The van der Waals surface area contributed by atoms with Crippen LogP contribution in [0.5, 0.6) is 0 Å². The Morgan fingerprint density at radius 1 is 1.19 bits per heavy atom. The molecule has 21 heavy (non-hydrogen) atoms. The van der Waals surface area contributed by atoms with E-state index in [9.17, 15) is 9.59 Å². The van der Waals surface area contributed by atoms with Gasteiger partial charge in [-0.1, -0.05) is 30.3 Å². The molecule has 1 aliphatic carbocycles. The lowest BCUT2D eigenvalue weighted by molar-refractivity contribution is -0.132. The van der Waals surface area contributed by atoms with Crippen LogP contribution in [0.3, 0.4) is 0 Å². The Hall–Kier alpha value is -2.04. The van der Waals surface area contributed by atoms with Gasteiger partial charge in [-0.2, -0.15) is 0 Å². The van der Waals surface area contributed by atoms with E-state index in [-0.39, 0.29) is 5.91 Å². The largest absolute Gasteiger partial charge is 0.352 e. The average molecular weight is 289 g/mol. The molecule has 1 aliphatic rings. The van der Waals surface area contributed by atoms with E-state index in [1.165, 1.54) is 5.56 Å². The van der Waals surface area contributed by atoms with Gasteiger partial charge in [-0.15, -0.1) is 0 Å². The summed E-state index contributed by atoms with van der Waals surface area (Å²) in [6, 6.07) is 10.0. The Bertz CT molecular complexity index is 472. The van der Waals surface area contributed by atoms with E-state index < -0.39 is 6.03 Å². The quantitative estimate of drug-likeness (QED) is 0.718. The van der Waals surface area contributed by atoms with Gasteiger partial charge in [-0.25, -0.2) is 4.79 Å². The first kappa shape index (κ1) is 15.4. The molecule has 0 saturated heterocycles.